The molecule has 0 bridgehead atoms. The van der Waals surface area contributed by atoms with Crippen LogP contribution in [0, 0.1) is 5.82 Å². The van der Waals surface area contributed by atoms with E-state index in [1.165, 1.54) is 6.07 Å². The van der Waals surface area contributed by atoms with Crippen molar-refractivity contribution < 1.29 is 13.9 Å². The van der Waals surface area contributed by atoms with Crippen LogP contribution < -0.4 is 10.6 Å². The zero-order valence-electron chi connectivity index (χ0n) is 15.2. The molecule has 0 saturated carbocycles. The van der Waals surface area contributed by atoms with E-state index in [1.54, 1.807) is 24.0 Å². The Bertz CT molecular complexity index is 634. The van der Waals surface area contributed by atoms with E-state index < -0.39 is 0 Å². The number of piperidine rings is 1. The zero-order valence-corrected chi connectivity index (χ0v) is 16.8. The van der Waals surface area contributed by atoms with Crippen LogP contribution >= 0.6 is 15.9 Å². The quantitative estimate of drug-likeness (QED) is 0.557. The molecule has 0 aromatic heterocycles. The van der Waals surface area contributed by atoms with Gasteiger partial charge in [-0.3, -0.25) is 0 Å². The molecule has 6 nitrogen and oxygen atoms in total. The molecule has 1 heterocycles. The molecule has 1 aliphatic heterocycles. The van der Waals surface area contributed by atoms with Gasteiger partial charge in [0.15, 0.2) is 5.96 Å². The molecule has 144 valence electrons. The molecular weight excluding hydrogens is 403 g/mol. The number of nitrogens with one attached hydrogen (secondary N) is 2. The Labute approximate surface area is 162 Å². The lowest BCUT2D eigenvalue weighted by Crippen LogP contribution is -2.49. The topological polar surface area (TPSA) is 66.0 Å². The minimum absolute atomic E-state index is 0.216. The Balaban J connectivity index is 1.90. The first-order chi connectivity index (χ1) is 12.5. The average molecular weight is 429 g/mol. The molecule has 0 atom stereocenters. The minimum Gasteiger partial charge on any atom is -0.450 e. The lowest BCUT2D eigenvalue weighted by Gasteiger charge is -2.32. The highest BCUT2D eigenvalue weighted by molar-refractivity contribution is 9.10. The van der Waals surface area contributed by atoms with Crippen molar-refractivity contribution in [2.75, 3.05) is 26.2 Å². The first-order valence-electron chi connectivity index (χ1n) is 8.94. The van der Waals surface area contributed by atoms with Crippen LogP contribution in [-0.2, 0) is 11.3 Å². The largest absolute Gasteiger partial charge is 0.450 e. The Morgan fingerprint density at radius 3 is 2.73 bits per heavy atom. The summed E-state index contributed by atoms with van der Waals surface area (Å²) in [6, 6.07) is 5.19. The van der Waals surface area contributed by atoms with Crippen LogP contribution in [0.3, 0.4) is 0 Å². The van der Waals surface area contributed by atoms with Gasteiger partial charge in [-0.1, -0.05) is 22.0 Å². The smallest absolute Gasteiger partial charge is 0.409 e. The third kappa shape index (κ3) is 6.16. The number of amides is 1. The predicted octanol–water partition coefficient (Wildman–Crippen LogP) is 3.26. The highest BCUT2D eigenvalue weighted by Gasteiger charge is 2.24. The molecule has 1 amide bonds. The van der Waals surface area contributed by atoms with Crippen molar-refractivity contribution in [3.05, 3.63) is 34.1 Å². The molecule has 1 aliphatic rings. The van der Waals surface area contributed by atoms with Crippen molar-refractivity contribution in [3.8, 4) is 0 Å². The summed E-state index contributed by atoms with van der Waals surface area (Å²) in [5.74, 6) is 0.381. The maximum absolute atomic E-state index is 13.9. The second kappa shape index (κ2) is 10.4. The van der Waals surface area contributed by atoms with Crippen molar-refractivity contribution in [2.45, 2.75) is 39.3 Å². The summed E-state index contributed by atoms with van der Waals surface area (Å²) < 4.78 is 19.7. The van der Waals surface area contributed by atoms with Crippen molar-refractivity contribution in [1.82, 2.24) is 15.5 Å². The van der Waals surface area contributed by atoms with Gasteiger partial charge in [0.2, 0.25) is 0 Å². The number of ether oxygens (including phenoxy) is 1. The summed E-state index contributed by atoms with van der Waals surface area (Å²) >= 11 is 3.25. The molecule has 1 aromatic carbocycles. The predicted molar refractivity (Wildman–Crippen MR) is 104 cm³/mol. The molecule has 1 aromatic rings. The summed E-state index contributed by atoms with van der Waals surface area (Å²) in [7, 11) is 0. The number of likely N-dealkylation sites (tertiary alicyclic amines) is 1. The monoisotopic (exact) mass is 428 g/mol. The van der Waals surface area contributed by atoms with Gasteiger partial charge in [0, 0.05) is 35.7 Å². The number of carbonyl (C=O) groups is 1. The van der Waals surface area contributed by atoms with Gasteiger partial charge >= 0.3 is 6.09 Å². The Kier molecular flexibility index (Phi) is 8.15. The number of halogens is 2. The summed E-state index contributed by atoms with van der Waals surface area (Å²) in [6.07, 6.45) is 1.38. The Morgan fingerprint density at radius 2 is 2.12 bits per heavy atom. The number of aliphatic imine (C=N–C) groups is 1. The molecule has 0 spiro atoms. The Morgan fingerprint density at radius 1 is 1.38 bits per heavy atom. The highest BCUT2D eigenvalue weighted by atomic mass is 79.9. The third-order valence-corrected chi connectivity index (χ3v) is 4.62. The van der Waals surface area contributed by atoms with Crippen molar-refractivity contribution >= 4 is 28.0 Å². The number of hydrogen-bond donors (Lipinski definition) is 2. The lowest BCUT2D eigenvalue weighted by atomic mass is 10.1. The summed E-state index contributed by atoms with van der Waals surface area (Å²) in [6.45, 7) is 6.46. The second-order valence-electron chi connectivity index (χ2n) is 6.04. The molecule has 2 rings (SSSR count). The fourth-order valence-corrected chi connectivity index (χ4v) is 3.08. The van der Waals surface area contributed by atoms with E-state index in [0.717, 1.165) is 19.4 Å². The van der Waals surface area contributed by atoms with Gasteiger partial charge in [-0.25, -0.2) is 14.2 Å². The Hall–Kier alpha value is -1.83. The van der Waals surface area contributed by atoms with Gasteiger partial charge in [-0.2, -0.15) is 0 Å². The lowest BCUT2D eigenvalue weighted by molar-refractivity contribution is 0.0963. The molecule has 8 heteroatoms. The SMILES string of the molecule is CCNC(=NCc1ccc(Br)cc1F)NC1CCN(C(=O)OCC)CC1. The summed E-state index contributed by atoms with van der Waals surface area (Å²) in [4.78, 5) is 18.0. The van der Waals surface area contributed by atoms with Crippen LogP contribution in [0.1, 0.15) is 32.3 Å². The first-order valence-corrected chi connectivity index (χ1v) is 9.73. The van der Waals surface area contributed by atoms with E-state index in [4.69, 9.17) is 4.74 Å². The third-order valence-electron chi connectivity index (χ3n) is 4.13. The van der Waals surface area contributed by atoms with Crippen molar-refractivity contribution in [1.29, 1.82) is 0 Å². The van der Waals surface area contributed by atoms with Gasteiger partial charge < -0.3 is 20.3 Å². The van der Waals surface area contributed by atoms with Gasteiger partial charge in [-0.15, -0.1) is 0 Å². The van der Waals surface area contributed by atoms with Crippen LogP contribution in [0.4, 0.5) is 9.18 Å². The van der Waals surface area contributed by atoms with Crippen LogP contribution in [0.15, 0.2) is 27.7 Å². The van der Waals surface area contributed by atoms with Crippen LogP contribution in [0.25, 0.3) is 0 Å². The van der Waals surface area contributed by atoms with E-state index in [2.05, 4.69) is 31.6 Å². The maximum atomic E-state index is 13.9. The standard InChI is InChI=1S/C18H26BrFN4O2/c1-3-21-17(22-12-13-5-6-14(19)11-16(13)20)23-15-7-9-24(10-8-15)18(25)26-4-2/h5-6,11,15H,3-4,7-10,12H2,1-2H3,(H2,21,22,23). The number of hydrogen-bond acceptors (Lipinski definition) is 3. The number of benzene rings is 1. The molecule has 0 unspecified atom stereocenters. The van der Waals surface area contributed by atoms with E-state index in [-0.39, 0.29) is 24.5 Å². The zero-order chi connectivity index (χ0) is 18.9. The first kappa shape index (κ1) is 20.5. The molecule has 1 fully saturated rings. The normalized spacial score (nSPS) is 15.7. The summed E-state index contributed by atoms with van der Waals surface area (Å²) in [5.41, 5.74) is 0.544. The van der Waals surface area contributed by atoms with Crippen LogP contribution in [0.2, 0.25) is 0 Å². The number of nitrogens with zero attached hydrogens (tertiary/aromatic N) is 2. The molecule has 0 aliphatic carbocycles. The average Bonchev–Trinajstić information content (AvgIpc) is 2.62. The van der Waals surface area contributed by atoms with E-state index in [1.807, 2.05) is 6.92 Å². The van der Waals surface area contributed by atoms with Crippen molar-refractivity contribution in [3.63, 3.8) is 0 Å². The van der Waals surface area contributed by atoms with Gasteiger partial charge in [0.25, 0.3) is 0 Å². The number of carbonyl (C=O) groups excluding carboxylic acids is 1. The maximum Gasteiger partial charge on any atom is 0.409 e. The molecular formula is C18H26BrFN4O2. The molecule has 26 heavy (non-hydrogen) atoms. The summed E-state index contributed by atoms with van der Waals surface area (Å²) in [5, 5.41) is 6.57. The number of guanidine groups is 1. The minimum atomic E-state index is -0.276. The molecule has 0 radical (unpaired) electrons. The van der Waals surface area contributed by atoms with Crippen molar-refractivity contribution in [2.24, 2.45) is 4.99 Å². The van der Waals surface area contributed by atoms with Gasteiger partial charge in [-0.05, 0) is 38.8 Å². The van der Waals surface area contributed by atoms with E-state index in [9.17, 15) is 9.18 Å². The fourth-order valence-electron chi connectivity index (χ4n) is 2.75. The fraction of sp³-hybridized carbons (Fsp3) is 0.556. The highest BCUT2D eigenvalue weighted by Crippen LogP contribution is 2.16. The second-order valence-corrected chi connectivity index (χ2v) is 6.95. The van der Waals surface area contributed by atoms with Crippen LogP contribution in [-0.4, -0.2) is 49.2 Å². The van der Waals surface area contributed by atoms with Gasteiger partial charge in [0.05, 0.1) is 13.2 Å². The van der Waals surface area contributed by atoms with Crippen LogP contribution in [0.5, 0.6) is 0 Å². The number of rotatable bonds is 5. The van der Waals surface area contributed by atoms with Gasteiger partial charge in [0.1, 0.15) is 5.82 Å². The van der Waals surface area contributed by atoms with E-state index in [0.29, 0.717) is 35.7 Å². The molecule has 2 N–H and O–H groups in total. The van der Waals surface area contributed by atoms with E-state index >= 15 is 0 Å². The molecule has 1 saturated heterocycles.